The van der Waals surface area contributed by atoms with Gasteiger partial charge in [0.2, 0.25) is 0 Å². The second-order valence-corrected chi connectivity index (χ2v) is 19.1. The van der Waals surface area contributed by atoms with Gasteiger partial charge in [0.25, 0.3) is 0 Å². The number of hydrogen-bond donors (Lipinski definition) is 0. The minimum Gasteiger partial charge on any atom is -0.309 e. The van der Waals surface area contributed by atoms with Gasteiger partial charge < -0.3 is 9.13 Å². The van der Waals surface area contributed by atoms with Crippen LogP contribution in [-0.2, 0) is 0 Å². The van der Waals surface area contributed by atoms with Gasteiger partial charge in [-0.05, 0) is 111 Å². The quantitative estimate of drug-likeness (QED) is 0.173. The highest BCUT2D eigenvalue weighted by Gasteiger charge is 2.23. The smallest absolute Gasteiger partial charge is 0.166 e. The molecule has 0 unspecified atom stereocenters. The molecule has 4 aromatic heterocycles. The van der Waals surface area contributed by atoms with E-state index in [1.165, 1.54) is 57.9 Å². The van der Waals surface area contributed by atoms with Crippen molar-refractivity contribution in [3.05, 3.63) is 224 Å². The molecular formula is C63H37N5S. The Balaban J connectivity index is 1.05. The first-order valence-corrected chi connectivity index (χ1v) is 24.2. The predicted molar refractivity (Wildman–Crippen MR) is 290 cm³/mol. The van der Waals surface area contributed by atoms with Crippen LogP contribution < -0.4 is 0 Å². The summed E-state index contributed by atoms with van der Waals surface area (Å²) in [4.78, 5) is 16.6. The van der Waals surface area contributed by atoms with E-state index in [4.69, 9.17) is 15.0 Å². The van der Waals surface area contributed by atoms with Crippen molar-refractivity contribution >= 4 is 107 Å². The molecule has 0 amide bonds. The first-order valence-electron chi connectivity index (χ1n) is 23.3. The van der Waals surface area contributed by atoms with Crippen molar-refractivity contribution in [3.63, 3.8) is 0 Å². The Kier molecular flexibility index (Phi) is 8.17. The van der Waals surface area contributed by atoms with Gasteiger partial charge in [0.05, 0.1) is 27.8 Å². The minimum absolute atomic E-state index is 0.612. The monoisotopic (exact) mass is 895 g/mol. The second-order valence-electron chi connectivity index (χ2n) is 18.0. The van der Waals surface area contributed by atoms with Crippen LogP contribution in [-0.4, -0.2) is 24.1 Å². The molecule has 0 N–H and O–H groups in total. The van der Waals surface area contributed by atoms with Crippen LogP contribution in [0.3, 0.4) is 0 Å². The van der Waals surface area contributed by atoms with Gasteiger partial charge >= 0.3 is 0 Å². The number of fused-ring (bicyclic) bond motifs is 12. The normalized spacial score (nSPS) is 12.1. The maximum Gasteiger partial charge on any atom is 0.166 e. The van der Waals surface area contributed by atoms with E-state index < -0.39 is 0 Å². The van der Waals surface area contributed by atoms with Crippen LogP contribution in [0.25, 0.3) is 142 Å². The summed E-state index contributed by atoms with van der Waals surface area (Å²) in [5.41, 5.74) is 9.47. The molecule has 0 radical (unpaired) electrons. The van der Waals surface area contributed by atoms with E-state index in [2.05, 4.69) is 234 Å². The Hall–Kier alpha value is -8.97. The maximum atomic E-state index is 5.58. The molecule has 0 bridgehead atoms. The number of nitrogens with zero attached hydrogens (tertiary/aromatic N) is 5. The lowest BCUT2D eigenvalue weighted by Gasteiger charge is -2.16. The van der Waals surface area contributed by atoms with E-state index in [1.807, 2.05) is 11.3 Å². The van der Waals surface area contributed by atoms with Crippen molar-refractivity contribution in [1.82, 2.24) is 24.1 Å². The van der Waals surface area contributed by atoms with Crippen LogP contribution in [0.1, 0.15) is 0 Å². The van der Waals surface area contributed by atoms with Gasteiger partial charge in [-0.3, -0.25) is 0 Å². The van der Waals surface area contributed by atoms with Gasteiger partial charge in [0, 0.05) is 64.1 Å². The number of aromatic nitrogens is 5. The van der Waals surface area contributed by atoms with Crippen LogP contribution >= 0.6 is 11.3 Å². The molecule has 11 aromatic carbocycles. The largest absolute Gasteiger partial charge is 0.309 e. The van der Waals surface area contributed by atoms with Crippen LogP contribution in [0.15, 0.2) is 224 Å². The number of para-hydroxylation sites is 3. The molecule has 4 heterocycles. The maximum absolute atomic E-state index is 5.58. The van der Waals surface area contributed by atoms with Gasteiger partial charge in [0.1, 0.15) is 0 Å². The van der Waals surface area contributed by atoms with Gasteiger partial charge in [-0.1, -0.05) is 146 Å². The number of thiophene rings is 1. The Morgan fingerprint density at radius 1 is 0.290 bits per heavy atom. The average molecular weight is 896 g/mol. The molecule has 0 saturated carbocycles. The minimum atomic E-state index is 0.612. The van der Waals surface area contributed by atoms with Crippen molar-refractivity contribution in [3.8, 4) is 45.5 Å². The standard InChI is InChI=1S/C63H37N5S/c1-2-21-44(22-3-1)67-54-27-12-10-24-46(54)49-33-43(29-30-56(49)67)61-64-62(48-26-14-20-38-15-8-9-23-45(38)48)66-63(65-61)53-37-60-52(51-32-40-17-5-7-19-42(40)35-59(51)69-60)36-58(53)68-55-28-13-11-25-47(55)50-31-39-16-4-6-18-41(39)34-57(50)68/h1-37H. The fraction of sp³-hybridized carbons (Fsp3) is 0. The molecule has 6 heteroatoms. The molecule has 0 atom stereocenters. The van der Waals surface area contributed by atoms with Gasteiger partial charge in [-0.15, -0.1) is 11.3 Å². The van der Waals surface area contributed by atoms with Crippen molar-refractivity contribution < 1.29 is 0 Å². The topological polar surface area (TPSA) is 48.5 Å². The van der Waals surface area contributed by atoms with Crippen LogP contribution in [0.4, 0.5) is 0 Å². The zero-order chi connectivity index (χ0) is 45.2. The summed E-state index contributed by atoms with van der Waals surface area (Å²) in [5.74, 6) is 1.85. The Morgan fingerprint density at radius 2 is 0.812 bits per heavy atom. The molecule has 5 nitrogen and oxygen atoms in total. The lowest BCUT2D eigenvalue weighted by molar-refractivity contribution is 1.07. The van der Waals surface area contributed by atoms with Gasteiger partial charge in [-0.25, -0.2) is 15.0 Å². The highest BCUT2D eigenvalue weighted by atomic mass is 32.1. The highest BCUT2D eigenvalue weighted by molar-refractivity contribution is 7.26. The lowest BCUT2D eigenvalue weighted by Crippen LogP contribution is -2.04. The molecular weight excluding hydrogens is 859 g/mol. The van der Waals surface area contributed by atoms with Crippen molar-refractivity contribution in [2.24, 2.45) is 0 Å². The Bertz CT molecular complexity index is 4610. The molecule has 0 aliphatic carbocycles. The second kappa shape index (κ2) is 14.8. The summed E-state index contributed by atoms with van der Waals surface area (Å²) in [7, 11) is 0. The first kappa shape index (κ1) is 38.2. The van der Waals surface area contributed by atoms with E-state index >= 15 is 0 Å². The molecule has 320 valence electrons. The molecule has 15 aromatic rings. The van der Waals surface area contributed by atoms with E-state index in [9.17, 15) is 0 Å². The SMILES string of the molecule is c1ccc(-n2c3ccccc3c3cc(-c4nc(-c5cc6sc7cc8ccccc8cc7c6cc5-n5c6ccccc6c6cc7ccccc7cc65)nc(-c5cccc6ccccc56)n4)ccc32)cc1. The third-order valence-corrected chi connectivity index (χ3v) is 15.2. The molecule has 0 aliphatic rings. The fourth-order valence-electron chi connectivity index (χ4n) is 10.9. The Labute approximate surface area is 399 Å². The summed E-state index contributed by atoms with van der Waals surface area (Å²) in [5, 5.41) is 14.2. The number of rotatable bonds is 5. The van der Waals surface area contributed by atoms with Gasteiger partial charge in [0.15, 0.2) is 17.5 Å². The molecule has 69 heavy (non-hydrogen) atoms. The number of hydrogen-bond acceptors (Lipinski definition) is 4. The van der Waals surface area contributed by atoms with E-state index in [0.717, 1.165) is 66.3 Å². The zero-order valence-electron chi connectivity index (χ0n) is 37.0. The third kappa shape index (κ3) is 5.86. The summed E-state index contributed by atoms with van der Waals surface area (Å²) >= 11 is 1.82. The van der Waals surface area contributed by atoms with E-state index in [-0.39, 0.29) is 0 Å². The first-order chi connectivity index (χ1) is 34.2. The lowest BCUT2D eigenvalue weighted by atomic mass is 10.0. The molecule has 0 saturated heterocycles. The fourth-order valence-corrected chi connectivity index (χ4v) is 12.1. The van der Waals surface area contributed by atoms with Crippen LogP contribution in [0.5, 0.6) is 0 Å². The van der Waals surface area contributed by atoms with E-state index in [1.54, 1.807) is 0 Å². The van der Waals surface area contributed by atoms with Crippen molar-refractivity contribution in [1.29, 1.82) is 0 Å². The summed E-state index contributed by atoms with van der Waals surface area (Å²) in [6.07, 6.45) is 0. The highest BCUT2D eigenvalue weighted by Crippen LogP contribution is 2.45. The molecule has 0 fully saturated rings. The Morgan fingerprint density at radius 3 is 1.57 bits per heavy atom. The summed E-state index contributed by atoms with van der Waals surface area (Å²) < 4.78 is 7.21. The summed E-state index contributed by atoms with van der Waals surface area (Å²) in [6.45, 7) is 0. The number of benzene rings is 11. The molecule has 0 spiro atoms. The van der Waals surface area contributed by atoms with Crippen LogP contribution in [0.2, 0.25) is 0 Å². The van der Waals surface area contributed by atoms with Crippen LogP contribution in [0, 0.1) is 0 Å². The molecule has 0 aliphatic heterocycles. The van der Waals surface area contributed by atoms with Crippen molar-refractivity contribution in [2.45, 2.75) is 0 Å². The predicted octanol–water partition coefficient (Wildman–Crippen LogP) is 16.9. The third-order valence-electron chi connectivity index (χ3n) is 14.1. The summed E-state index contributed by atoms with van der Waals surface area (Å²) in [6, 6.07) is 81.0. The van der Waals surface area contributed by atoms with Gasteiger partial charge in [-0.2, -0.15) is 0 Å². The zero-order valence-corrected chi connectivity index (χ0v) is 37.8. The van der Waals surface area contributed by atoms with Crippen molar-refractivity contribution in [2.75, 3.05) is 0 Å². The average Bonchev–Trinajstić information content (AvgIpc) is 4.05. The van der Waals surface area contributed by atoms with E-state index in [0.29, 0.717) is 17.5 Å². The molecule has 15 rings (SSSR count).